The van der Waals surface area contributed by atoms with Crippen LogP contribution >= 0.6 is 22.9 Å². The van der Waals surface area contributed by atoms with Crippen LogP contribution in [0.3, 0.4) is 0 Å². The van der Waals surface area contributed by atoms with Crippen LogP contribution < -0.4 is 4.90 Å². The molecule has 6 heteroatoms. The molecule has 2 aromatic rings. The van der Waals surface area contributed by atoms with E-state index in [9.17, 15) is 8.78 Å². The molecule has 0 amide bonds. The number of aromatic nitrogens is 1. The molecule has 96 valence electrons. The SMILES string of the molecule is FC(F)C1CCN(c2nc3ccc(Cl)cc3s2)C1. The number of anilines is 1. The fraction of sp³-hybridized carbons (Fsp3) is 0.417. The molecule has 1 aromatic carbocycles. The monoisotopic (exact) mass is 288 g/mol. The predicted octanol–water partition coefficient (Wildman–Crippen LogP) is 4.04. The van der Waals surface area contributed by atoms with Gasteiger partial charge in [0.15, 0.2) is 5.13 Å². The van der Waals surface area contributed by atoms with Crippen molar-refractivity contribution in [1.29, 1.82) is 0 Å². The number of hydrogen-bond acceptors (Lipinski definition) is 3. The van der Waals surface area contributed by atoms with E-state index in [4.69, 9.17) is 11.6 Å². The van der Waals surface area contributed by atoms with Gasteiger partial charge in [0, 0.05) is 24.0 Å². The molecular formula is C12H11ClF2N2S. The van der Waals surface area contributed by atoms with E-state index >= 15 is 0 Å². The topological polar surface area (TPSA) is 16.1 Å². The largest absolute Gasteiger partial charge is 0.348 e. The molecule has 3 rings (SSSR count). The number of rotatable bonds is 2. The Kier molecular flexibility index (Phi) is 3.11. The molecule has 18 heavy (non-hydrogen) atoms. The van der Waals surface area contributed by atoms with Crippen LogP contribution in [0.2, 0.25) is 5.02 Å². The second-order valence-electron chi connectivity index (χ2n) is 4.44. The lowest BCUT2D eigenvalue weighted by Gasteiger charge is -2.14. The molecule has 0 bridgehead atoms. The fourth-order valence-electron chi connectivity index (χ4n) is 2.19. The molecular weight excluding hydrogens is 278 g/mol. The summed E-state index contributed by atoms with van der Waals surface area (Å²) in [7, 11) is 0. The van der Waals surface area contributed by atoms with Crippen molar-refractivity contribution in [3.05, 3.63) is 23.2 Å². The number of thiazole rings is 1. The maximum Gasteiger partial charge on any atom is 0.243 e. The van der Waals surface area contributed by atoms with E-state index in [-0.39, 0.29) is 0 Å². The first kappa shape index (κ1) is 12.1. The van der Waals surface area contributed by atoms with E-state index in [0.717, 1.165) is 15.3 Å². The summed E-state index contributed by atoms with van der Waals surface area (Å²) < 4.78 is 26.2. The highest BCUT2D eigenvalue weighted by Crippen LogP contribution is 2.34. The molecule has 0 radical (unpaired) electrons. The van der Waals surface area contributed by atoms with Crippen LogP contribution in [0.15, 0.2) is 18.2 Å². The summed E-state index contributed by atoms with van der Waals surface area (Å²) in [5, 5.41) is 1.49. The lowest BCUT2D eigenvalue weighted by atomic mass is 10.1. The summed E-state index contributed by atoms with van der Waals surface area (Å²) in [4.78, 5) is 6.41. The third-order valence-electron chi connectivity index (χ3n) is 3.19. The van der Waals surface area contributed by atoms with Gasteiger partial charge in [0.2, 0.25) is 6.43 Å². The number of benzene rings is 1. The summed E-state index contributed by atoms with van der Waals surface area (Å²) in [6.07, 6.45) is -1.70. The van der Waals surface area contributed by atoms with Crippen LogP contribution in [-0.4, -0.2) is 24.5 Å². The van der Waals surface area contributed by atoms with Gasteiger partial charge in [-0.15, -0.1) is 0 Å². The molecule has 1 saturated heterocycles. The van der Waals surface area contributed by atoms with Crippen LogP contribution in [0.5, 0.6) is 0 Å². The highest BCUT2D eigenvalue weighted by atomic mass is 35.5. The Morgan fingerprint density at radius 3 is 3.00 bits per heavy atom. The van der Waals surface area contributed by atoms with Crippen LogP contribution in [-0.2, 0) is 0 Å². The predicted molar refractivity (Wildman–Crippen MR) is 71.0 cm³/mol. The van der Waals surface area contributed by atoms with Crippen molar-refractivity contribution in [2.24, 2.45) is 5.92 Å². The van der Waals surface area contributed by atoms with E-state index in [0.29, 0.717) is 24.5 Å². The lowest BCUT2D eigenvalue weighted by Crippen LogP contribution is -2.21. The molecule has 1 unspecified atom stereocenters. The van der Waals surface area contributed by atoms with Gasteiger partial charge in [-0.3, -0.25) is 0 Å². The van der Waals surface area contributed by atoms with Crippen molar-refractivity contribution in [1.82, 2.24) is 4.98 Å². The lowest BCUT2D eigenvalue weighted by molar-refractivity contribution is 0.0880. The van der Waals surface area contributed by atoms with E-state index in [2.05, 4.69) is 4.98 Å². The highest BCUT2D eigenvalue weighted by Gasteiger charge is 2.30. The molecule has 1 aromatic heterocycles. The van der Waals surface area contributed by atoms with Crippen molar-refractivity contribution in [2.75, 3.05) is 18.0 Å². The van der Waals surface area contributed by atoms with E-state index in [1.165, 1.54) is 11.3 Å². The number of alkyl halides is 2. The Morgan fingerprint density at radius 1 is 1.44 bits per heavy atom. The summed E-state index contributed by atoms with van der Waals surface area (Å²) in [5.74, 6) is -0.527. The summed E-state index contributed by atoms with van der Waals surface area (Å²) >= 11 is 7.43. The minimum Gasteiger partial charge on any atom is -0.348 e. The number of nitrogens with zero attached hydrogens (tertiary/aromatic N) is 2. The Hall–Kier alpha value is -0.940. The van der Waals surface area contributed by atoms with Crippen molar-refractivity contribution in [3.63, 3.8) is 0 Å². The highest BCUT2D eigenvalue weighted by molar-refractivity contribution is 7.22. The molecule has 0 aliphatic carbocycles. The normalized spacial score (nSPS) is 20.2. The molecule has 2 heterocycles. The molecule has 0 spiro atoms. The van der Waals surface area contributed by atoms with Crippen molar-refractivity contribution >= 4 is 38.3 Å². The van der Waals surface area contributed by atoms with Gasteiger partial charge in [0.1, 0.15) is 0 Å². The second kappa shape index (κ2) is 4.63. The number of halogens is 3. The summed E-state index contributed by atoms with van der Waals surface area (Å²) in [6, 6.07) is 5.51. The average molecular weight is 289 g/mol. The third kappa shape index (κ3) is 2.17. The van der Waals surface area contributed by atoms with Gasteiger partial charge in [-0.1, -0.05) is 22.9 Å². The molecule has 1 fully saturated rings. The van der Waals surface area contributed by atoms with Crippen LogP contribution in [0.4, 0.5) is 13.9 Å². The maximum absolute atomic E-state index is 12.6. The third-order valence-corrected chi connectivity index (χ3v) is 4.50. The van der Waals surface area contributed by atoms with E-state index in [1.807, 2.05) is 17.0 Å². The molecule has 1 aliphatic heterocycles. The van der Waals surface area contributed by atoms with Gasteiger partial charge < -0.3 is 4.90 Å². The van der Waals surface area contributed by atoms with Crippen molar-refractivity contribution < 1.29 is 8.78 Å². The van der Waals surface area contributed by atoms with Crippen LogP contribution in [0.25, 0.3) is 10.2 Å². The smallest absolute Gasteiger partial charge is 0.243 e. The van der Waals surface area contributed by atoms with Gasteiger partial charge in [-0.25, -0.2) is 13.8 Å². The van der Waals surface area contributed by atoms with Crippen LogP contribution in [0.1, 0.15) is 6.42 Å². The zero-order valence-corrected chi connectivity index (χ0v) is 11.0. The van der Waals surface area contributed by atoms with E-state index < -0.39 is 12.3 Å². The standard InChI is InChI=1S/C12H11ClF2N2S/c13-8-1-2-9-10(5-8)18-12(16-9)17-4-3-7(6-17)11(14)15/h1-2,5,7,11H,3-4,6H2. The zero-order chi connectivity index (χ0) is 12.7. The quantitative estimate of drug-likeness (QED) is 0.829. The average Bonchev–Trinajstić information content (AvgIpc) is 2.93. The van der Waals surface area contributed by atoms with Crippen molar-refractivity contribution in [2.45, 2.75) is 12.8 Å². The first-order valence-electron chi connectivity index (χ1n) is 5.72. The second-order valence-corrected chi connectivity index (χ2v) is 5.88. The molecule has 0 saturated carbocycles. The Morgan fingerprint density at radius 2 is 2.28 bits per heavy atom. The minimum atomic E-state index is -2.24. The molecule has 1 atom stereocenters. The number of hydrogen-bond donors (Lipinski definition) is 0. The van der Waals surface area contributed by atoms with Gasteiger partial charge in [0.05, 0.1) is 10.2 Å². The Labute approximate surface area is 112 Å². The molecule has 2 nitrogen and oxygen atoms in total. The van der Waals surface area contributed by atoms with Gasteiger partial charge >= 0.3 is 0 Å². The Balaban J connectivity index is 1.87. The first-order valence-corrected chi connectivity index (χ1v) is 6.92. The zero-order valence-electron chi connectivity index (χ0n) is 9.44. The fourth-order valence-corrected chi connectivity index (χ4v) is 3.46. The Bertz CT molecular complexity index is 572. The van der Waals surface area contributed by atoms with Crippen LogP contribution in [0, 0.1) is 5.92 Å². The summed E-state index contributed by atoms with van der Waals surface area (Å²) in [5.41, 5.74) is 0.875. The molecule has 0 N–H and O–H groups in total. The molecule has 1 aliphatic rings. The van der Waals surface area contributed by atoms with E-state index in [1.54, 1.807) is 6.07 Å². The number of fused-ring (bicyclic) bond motifs is 1. The van der Waals surface area contributed by atoms with Gasteiger partial charge in [-0.05, 0) is 24.6 Å². The minimum absolute atomic E-state index is 0.394. The summed E-state index contributed by atoms with van der Waals surface area (Å²) in [6.45, 7) is 1.05. The first-order chi connectivity index (χ1) is 8.63. The van der Waals surface area contributed by atoms with Gasteiger partial charge in [-0.2, -0.15) is 0 Å². The van der Waals surface area contributed by atoms with Gasteiger partial charge in [0.25, 0.3) is 0 Å². The van der Waals surface area contributed by atoms with Crippen molar-refractivity contribution in [3.8, 4) is 0 Å². The maximum atomic E-state index is 12.6.